The predicted octanol–water partition coefficient (Wildman–Crippen LogP) is 1.55. The first kappa shape index (κ1) is 35.9. The summed E-state index contributed by atoms with van der Waals surface area (Å²) in [6, 6.07) is 8.36. The Morgan fingerprint density at radius 3 is 2.39 bits per heavy atom. The number of ether oxygens (including phenoxy) is 1. The van der Waals surface area contributed by atoms with Gasteiger partial charge in [-0.15, -0.1) is 5.10 Å². The summed E-state index contributed by atoms with van der Waals surface area (Å²) in [5.41, 5.74) is 17.6. The highest BCUT2D eigenvalue weighted by Crippen LogP contribution is 2.31. The SMILES string of the molecule is CCC(CC)O[C@@H]1CC(C(=O)O)=C[C@H](n2cc(CCc3ccccc3)nn2)[C@H]1NC(C)=O.NC(N)=NCCCC(N)C(=O)O. The molecule has 0 radical (unpaired) electrons. The molecule has 1 aromatic carbocycles. The van der Waals surface area contributed by atoms with Crippen LogP contribution in [0.25, 0.3) is 0 Å². The normalized spacial score (nSPS) is 18.4. The number of hydrogen-bond acceptors (Lipinski definition) is 8. The van der Waals surface area contributed by atoms with Crippen molar-refractivity contribution < 1.29 is 29.3 Å². The fraction of sp³-hybridized carbons (Fsp3) is 0.533. The van der Waals surface area contributed by atoms with Crippen molar-refractivity contribution in [3.63, 3.8) is 0 Å². The van der Waals surface area contributed by atoms with Crippen LogP contribution in [0.5, 0.6) is 0 Å². The number of aliphatic imine (C=N–C) groups is 1. The summed E-state index contributed by atoms with van der Waals surface area (Å²) >= 11 is 0. The molecule has 1 amide bonds. The van der Waals surface area contributed by atoms with Gasteiger partial charge in [-0.25, -0.2) is 9.48 Å². The molecule has 1 aromatic heterocycles. The number of nitrogens with two attached hydrogens (primary N) is 3. The Morgan fingerprint density at radius 1 is 1.14 bits per heavy atom. The summed E-state index contributed by atoms with van der Waals surface area (Å²) in [5, 5.41) is 29.6. The summed E-state index contributed by atoms with van der Waals surface area (Å²) in [4.78, 5) is 37.7. The second kappa shape index (κ2) is 18.4. The minimum Gasteiger partial charge on any atom is -0.480 e. The first-order valence-electron chi connectivity index (χ1n) is 14.8. The van der Waals surface area contributed by atoms with E-state index in [2.05, 4.69) is 32.8 Å². The molecule has 3 rings (SSSR count). The Balaban J connectivity index is 0.000000477. The van der Waals surface area contributed by atoms with Gasteiger partial charge in [0.25, 0.3) is 0 Å². The number of nitrogens with zero attached hydrogens (tertiary/aromatic N) is 4. The van der Waals surface area contributed by atoms with Gasteiger partial charge in [-0.1, -0.05) is 49.4 Å². The molecule has 0 spiro atoms. The van der Waals surface area contributed by atoms with Crippen molar-refractivity contribution >= 4 is 23.8 Å². The molecule has 242 valence electrons. The number of aliphatic carboxylic acids is 2. The van der Waals surface area contributed by atoms with Gasteiger partial charge in [0.05, 0.1) is 30.0 Å². The lowest BCUT2D eigenvalue weighted by atomic mass is 9.87. The van der Waals surface area contributed by atoms with E-state index in [0.717, 1.165) is 25.0 Å². The van der Waals surface area contributed by atoms with E-state index >= 15 is 0 Å². The summed E-state index contributed by atoms with van der Waals surface area (Å²) in [7, 11) is 0. The lowest BCUT2D eigenvalue weighted by Gasteiger charge is -2.38. The molecular weight excluding hydrogens is 568 g/mol. The highest BCUT2D eigenvalue weighted by Gasteiger charge is 2.39. The molecule has 0 aliphatic heterocycles. The number of benzene rings is 1. The van der Waals surface area contributed by atoms with Gasteiger partial charge in [0.2, 0.25) is 5.91 Å². The molecule has 4 atom stereocenters. The molecular formula is C30H46N8O6. The number of nitrogens with one attached hydrogen (secondary N) is 1. The predicted molar refractivity (Wildman–Crippen MR) is 166 cm³/mol. The number of carbonyl (C=O) groups excluding carboxylic acids is 1. The molecule has 9 N–H and O–H groups in total. The van der Waals surface area contributed by atoms with Gasteiger partial charge in [-0.3, -0.25) is 14.6 Å². The van der Waals surface area contributed by atoms with Gasteiger partial charge in [-0.05, 0) is 50.2 Å². The van der Waals surface area contributed by atoms with E-state index in [4.69, 9.17) is 27.0 Å². The van der Waals surface area contributed by atoms with Gasteiger partial charge in [0.1, 0.15) is 6.04 Å². The molecule has 1 unspecified atom stereocenters. The largest absolute Gasteiger partial charge is 0.480 e. The molecule has 14 heteroatoms. The topological polar surface area (TPSA) is 234 Å². The molecule has 1 aliphatic carbocycles. The number of amides is 1. The summed E-state index contributed by atoms with van der Waals surface area (Å²) in [6.45, 7) is 5.94. The second-order valence-corrected chi connectivity index (χ2v) is 10.6. The smallest absolute Gasteiger partial charge is 0.331 e. The number of carboxylic acids is 2. The number of aromatic nitrogens is 3. The van der Waals surface area contributed by atoms with E-state index in [0.29, 0.717) is 25.8 Å². The Bertz CT molecular complexity index is 1260. The standard InChI is InChI=1S/C24H32N4O4.C6H14N4O2/c1-4-20(5-2)32-22-14-18(24(30)31)13-21(23(22)25-16(3)29)28-15-19(26-27-28)12-11-17-9-7-6-8-10-17;7-4(5(11)12)2-1-3-10-6(8)9/h6-10,13,15,20-23H,4-5,11-12,14H2,1-3H3,(H,25,29)(H,30,31);4H,1-3,7H2,(H,11,12)(H4,8,9,10)/t21-,22+,23+;/m0./s1. The molecule has 14 nitrogen and oxygen atoms in total. The van der Waals surface area contributed by atoms with Crippen molar-refractivity contribution in [3.05, 3.63) is 59.4 Å². The zero-order valence-corrected chi connectivity index (χ0v) is 25.6. The highest BCUT2D eigenvalue weighted by atomic mass is 16.5. The minimum atomic E-state index is -1.00. The maximum Gasteiger partial charge on any atom is 0.331 e. The first-order valence-corrected chi connectivity index (χ1v) is 14.8. The van der Waals surface area contributed by atoms with Crippen LogP contribution in [-0.4, -0.2) is 79.8 Å². The zero-order valence-electron chi connectivity index (χ0n) is 25.6. The summed E-state index contributed by atoms with van der Waals surface area (Å²) in [5.74, 6) is -2.17. The minimum absolute atomic E-state index is 0.0118. The third-order valence-corrected chi connectivity index (χ3v) is 7.14. The van der Waals surface area contributed by atoms with Crippen LogP contribution in [0, 0.1) is 0 Å². The van der Waals surface area contributed by atoms with Crippen molar-refractivity contribution in [2.75, 3.05) is 6.54 Å². The van der Waals surface area contributed by atoms with Crippen molar-refractivity contribution in [2.24, 2.45) is 22.2 Å². The molecule has 1 aliphatic rings. The average Bonchev–Trinajstić information content (AvgIpc) is 3.46. The van der Waals surface area contributed by atoms with Crippen LogP contribution in [0.3, 0.4) is 0 Å². The van der Waals surface area contributed by atoms with Gasteiger partial charge < -0.3 is 37.5 Å². The number of guanidine groups is 1. The van der Waals surface area contributed by atoms with Crippen LogP contribution in [0.1, 0.15) is 70.2 Å². The maximum atomic E-state index is 12.0. The summed E-state index contributed by atoms with van der Waals surface area (Å²) in [6.07, 6.45) is 7.35. The van der Waals surface area contributed by atoms with Gasteiger partial charge in [-0.2, -0.15) is 0 Å². The maximum absolute atomic E-state index is 12.0. The third-order valence-electron chi connectivity index (χ3n) is 7.14. The van der Waals surface area contributed by atoms with Crippen LogP contribution >= 0.6 is 0 Å². The van der Waals surface area contributed by atoms with Gasteiger partial charge in [0.15, 0.2) is 5.96 Å². The van der Waals surface area contributed by atoms with Gasteiger partial charge in [0, 0.05) is 31.7 Å². The van der Waals surface area contributed by atoms with E-state index in [9.17, 15) is 19.5 Å². The van der Waals surface area contributed by atoms with E-state index < -0.39 is 36.2 Å². The van der Waals surface area contributed by atoms with Crippen LogP contribution in [0.4, 0.5) is 0 Å². The Morgan fingerprint density at radius 2 is 1.82 bits per heavy atom. The zero-order chi connectivity index (χ0) is 32.6. The molecule has 44 heavy (non-hydrogen) atoms. The highest BCUT2D eigenvalue weighted by molar-refractivity contribution is 5.87. The fourth-order valence-corrected chi connectivity index (χ4v) is 4.75. The Kier molecular flexibility index (Phi) is 15.0. The van der Waals surface area contributed by atoms with E-state index in [1.165, 1.54) is 12.5 Å². The summed E-state index contributed by atoms with van der Waals surface area (Å²) < 4.78 is 7.91. The van der Waals surface area contributed by atoms with Crippen LogP contribution < -0.4 is 22.5 Å². The third kappa shape index (κ3) is 12.1. The lowest BCUT2D eigenvalue weighted by Crippen LogP contribution is -2.52. The van der Waals surface area contributed by atoms with E-state index in [1.54, 1.807) is 10.8 Å². The quantitative estimate of drug-likeness (QED) is 0.0956. The van der Waals surface area contributed by atoms with E-state index in [-0.39, 0.29) is 30.0 Å². The van der Waals surface area contributed by atoms with Crippen molar-refractivity contribution in [1.29, 1.82) is 0 Å². The first-order chi connectivity index (χ1) is 20.9. The molecule has 0 fully saturated rings. The van der Waals surface area contributed by atoms with Crippen molar-refractivity contribution in [1.82, 2.24) is 20.3 Å². The van der Waals surface area contributed by atoms with Crippen LogP contribution in [0.15, 0.2) is 53.2 Å². The average molecular weight is 615 g/mol. The Labute approximate surface area is 257 Å². The number of aryl methyl sites for hydroxylation is 2. The molecule has 0 saturated carbocycles. The molecule has 0 saturated heterocycles. The number of carboxylic acid groups (broad SMARTS) is 2. The lowest BCUT2D eigenvalue weighted by molar-refractivity contribution is -0.138. The van der Waals surface area contributed by atoms with E-state index in [1.807, 2.05) is 38.2 Å². The van der Waals surface area contributed by atoms with Gasteiger partial charge >= 0.3 is 11.9 Å². The fourth-order valence-electron chi connectivity index (χ4n) is 4.75. The molecule has 2 aromatic rings. The molecule has 1 heterocycles. The second-order valence-electron chi connectivity index (χ2n) is 10.6. The molecule has 0 bridgehead atoms. The van der Waals surface area contributed by atoms with Crippen molar-refractivity contribution in [2.45, 2.75) is 96.1 Å². The monoisotopic (exact) mass is 614 g/mol. The number of hydrogen-bond donors (Lipinski definition) is 6. The van der Waals surface area contributed by atoms with Crippen molar-refractivity contribution in [3.8, 4) is 0 Å². The number of rotatable bonds is 15. The van der Waals surface area contributed by atoms with Crippen LogP contribution in [-0.2, 0) is 32.0 Å². The van der Waals surface area contributed by atoms with Crippen LogP contribution in [0.2, 0.25) is 0 Å². The number of carbonyl (C=O) groups is 3. The Hall–Kier alpha value is -4.30.